The molecule has 6 rings (SSSR count). The molecule has 0 unspecified atom stereocenters. The highest BCUT2D eigenvalue weighted by Crippen LogP contribution is 2.37. The summed E-state index contributed by atoms with van der Waals surface area (Å²) < 4.78 is 54.5. The first-order valence-electron chi connectivity index (χ1n) is 11.4. The monoisotopic (exact) mass is 491 g/mol. The molecule has 2 saturated heterocycles. The van der Waals surface area contributed by atoms with Crippen molar-refractivity contribution in [3.63, 3.8) is 0 Å². The van der Waals surface area contributed by atoms with Crippen LogP contribution in [0.4, 0.5) is 13.2 Å². The SMILES string of the molecule is COc1c2n(cc(C(=O)N[C@H](C)c3c(F)cc(F)cc3F)c1=O)C[C@H]1O[C@H]3CC[C@@H](CC3)N1C2=O. The fraction of sp³-hybridized carbons (Fsp3) is 0.458. The molecule has 3 fully saturated rings. The number of carbonyl (C=O) groups is 2. The first-order valence-corrected chi connectivity index (χ1v) is 11.4. The number of fused-ring (bicyclic) bond motifs is 3. The van der Waals surface area contributed by atoms with Crippen molar-refractivity contribution in [2.75, 3.05) is 7.11 Å². The van der Waals surface area contributed by atoms with Crippen LogP contribution in [-0.4, -0.2) is 46.8 Å². The van der Waals surface area contributed by atoms with Crippen molar-refractivity contribution < 1.29 is 32.2 Å². The molecular formula is C24H24F3N3O5. The summed E-state index contributed by atoms with van der Waals surface area (Å²) in [5, 5.41) is 2.38. The van der Waals surface area contributed by atoms with Gasteiger partial charge in [-0.2, -0.15) is 0 Å². The molecule has 2 aromatic rings. The van der Waals surface area contributed by atoms with E-state index in [4.69, 9.17) is 9.47 Å². The highest BCUT2D eigenvalue weighted by molar-refractivity contribution is 5.99. The molecule has 1 N–H and O–H groups in total. The predicted octanol–water partition coefficient (Wildman–Crippen LogP) is 2.89. The zero-order valence-corrected chi connectivity index (χ0v) is 19.1. The molecule has 11 heteroatoms. The van der Waals surface area contributed by atoms with Gasteiger partial charge in [-0.05, 0) is 32.6 Å². The van der Waals surface area contributed by atoms with E-state index in [2.05, 4.69) is 5.32 Å². The normalized spacial score (nSPS) is 23.9. The van der Waals surface area contributed by atoms with Gasteiger partial charge in [0, 0.05) is 29.9 Å². The van der Waals surface area contributed by atoms with Gasteiger partial charge in [0.1, 0.15) is 23.0 Å². The van der Waals surface area contributed by atoms with Gasteiger partial charge < -0.3 is 24.3 Å². The number of rotatable bonds is 4. The van der Waals surface area contributed by atoms with Crippen molar-refractivity contribution >= 4 is 11.8 Å². The van der Waals surface area contributed by atoms with Gasteiger partial charge >= 0.3 is 0 Å². The number of hydrogen-bond acceptors (Lipinski definition) is 5. The van der Waals surface area contributed by atoms with Crippen LogP contribution in [0.1, 0.15) is 65.1 Å². The molecule has 1 saturated carbocycles. The smallest absolute Gasteiger partial charge is 0.276 e. The van der Waals surface area contributed by atoms with E-state index in [1.165, 1.54) is 24.8 Å². The number of halogens is 3. The molecule has 4 aliphatic rings. The van der Waals surface area contributed by atoms with Gasteiger partial charge in [-0.1, -0.05) is 0 Å². The maximum Gasteiger partial charge on any atom is 0.276 e. The third-order valence-corrected chi connectivity index (χ3v) is 7.00. The van der Waals surface area contributed by atoms with E-state index in [1.54, 1.807) is 4.90 Å². The van der Waals surface area contributed by atoms with Crippen molar-refractivity contribution in [2.45, 2.75) is 63.6 Å². The van der Waals surface area contributed by atoms with Gasteiger partial charge in [-0.25, -0.2) is 13.2 Å². The van der Waals surface area contributed by atoms with Crippen LogP contribution in [-0.2, 0) is 11.3 Å². The average molecular weight is 491 g/mol. The van der Waals surface area contributed by atoms with E-state index < -0.39 is 52.5 Å². The number of pyridine rings is 1. The third-order valence-electron chi connectivity index (χ3n) is 7.00. The molecule has 186 valence electrons. The minimum Gasteiger partial charge on any atom is -0.491 e. The molecule has 1 aromatic carbocycles. The van der Waals surface area contributed by atoms with E-state index in [1.807, 2.05) is 0 Å². The number of aromatic nitrogens is 1. The molecular weight excluding hydrogens is 467 g/mol. The summed E-state index contributed by atoms with van der Waals surface area (Å²) in [6.45, 7) is 1.50. The van der Waals surface area contributed by atoms with E-state index in [0.29, 0.717) is 12.1 Å². The van der Waals surface area contributed by atoms with Crippen LogP contribution in [0, 0.1) is 17.5 Å². The second-order valence-electron chi connectivity index (χ2n) is 9.12. The summed E-state index contributed by atoms with van der Waals surface area (Å²) >= 11 is 0. The Bertz CT molecular complexity index is 1250. The summed E-state index contributed by atoms with van der Waals surface area (Å²) in [5.74, 6) is -5.03. The van der Waals surface area contributed by atoms with Crippen LogP contribution in [0.3, 0.4) is 0 Å². The van der Waals surface area contributed by atoms with E-state index in [0.717, 1.165) is 25.7 Å². The Morgan fingerprint density at radius 1 is 1.14 bits per heavy atom. The second kappa shape index (κ2) is 8.71. The third kappa shape index (κ3) is 3.87. The number of carbonyl (C=O) groups excluding carboxylic acids is 2. The fourth-order valence-electron chi connectivity index (χ4n) is 5.37. The molecule has 0 radical (unpaired) electrons. The molecule has 35 heavy (non-hydrogen) atoms. The van der Waals surface area contributed by atoms with Crippen LogP contribution in [0.5, 0.6) is 5.75 Å². The number of methoxy groups -OCH3 is 1. The van der Waals surface area contributed by atoms with Gasteiger partial charge in [0.05, 0.1) is 25.8 Å². The van der Waals surface area contributed by atoms with Gasteiger partial charge in [0.15, 0.2) is 17.7 Å². The van der Waals surface area contributed by atoms with Gasteiger partial charge in [-0.3, -0.25) is 14.4 Å². The predicted molar refractivity (Wildman–Crippen MR) is 117 cm³/mol. The Labute approximate surface area is 198 Å². The van der Waals surface area contributed by atoms with Crippen molar-refractivity contribution in [1.29, 1.82) is 0 Å². The molecule has 2 atom stereocenters. The zero-order valence-electron chi connectivity index (χ0n) is 19.1. The zero-order chi connectivity index (χ0) is 25.0. The summed E-state index contributed by atoms with van der Waals surface area (Å²) in [6.07, 6.45) is 4.06. The van der Waals surface area contributed by atoms with Crippen molar-refractivity contribution in [2.24, 2.45) is 0 Å². The van der Waals surface area contributed by atoms with Crippen molar-refractivity contribution in [1.82, 2.24) is 14.8 Å². The Balaban J connectivity index is 1.50. The highest BCUT2D eigenvalue weighted by Gasteiger charge is 2.45. The van der Waals surface area contributed by atoms with Crippen LogP contribution in [0.15, 0.2) is 23.1 Å². The lowest BCUT2D eigenvalue weighted by atomic mass is 9.92. The van der Waals surface area contributed by atoms with Crippen LogP contribution in [0.2, 0.25) is 0 Å². The fourth-order valence-corrected chi connectivity index (χ4v) is 5.37. The van der Waals surface area contributed by atoms with Crippen LogP contribution < -0.4 is 15.5 Å². The molecule has 1 aromatic heterocycles. The number of hydrogen-bond donors (Lipinski definition) is 1. The lowest BCUT2D eigenvalue weighted by Crippen LogP contribution is -2.53. The largest absolute Gasteiger partial charge is 0.491 e. The minimum absolute atomic E-state index is 0.00383. The topological polar surface area (TPSA) is 89.9 Å². The number of ether oxygens (including phenoxy) is 2. The number of benzene rings is 1. The average Bonchev–Trinajstić information content (AvgIpc) is 3.07. The van der Waals surface area contributed by atoms with Crippen molar-refractivity contribution in [3.05, 3.63) is 62.8 Å². The van der Waals surface area contributed by atoms with Crippen LogP contribution >= 0.6 is 0 Å². The maximum absolute atomic E-state index is 14.2. The lowest BCUT2D eigenvalue weighted by molar-refractivity contribution is -0.0799. The second-order valence-corrected chi connectivity index (χ2v) is 9.12. The van der Waals surface area contributed by atoms with E-state index in [-0.39, 0.29) is 35.7 Å². The minimum atomic E-state index is -1.22. The number of nitrogens with zero attached hydrogens (tertiary/aromatic N) is 2. The molecule has 2 amide bonds. The molecule has 8 nitrogen and oxygen atoms in total. The highest BCUT2D eigenvalue weighted by atomic mass is 19.1. The molecule has 3 aliphatic heterocycles. The van der Waals surface area contributed by atoms with E-state index >= 15 is 0 Å². The maximum atomic E-state index is 14.2. The standard InChI is InChI=1S/C24H24F3N3O5/c1-11(19-16(26)7-12(25)8-17(19)27)28-23(32)15-9-29-10-18-30(13-3-5-14(35-18)6-4-13)24(33)20(29)22(34-2)21(15)31/h7-9,11,13-14,18H,3-6,10H2,1-2H3,(H,28,32)/t11-,13-,14-,18-/m1/s1. The van der Waals surface area contributed by atoms with E-state index in [9.17, 15) is 27.6 Å². The number of nitrogens with one attached hydrogen (secondary N) is 1. The van der Waals surface area contributed by atoms with Crippen molar-refractivity contribution in [3.8, 4) is 5.75 Å². The van der Waals surface area contributed by atoms with Gasteiger partial charge in [0.2, 0.25) is 5.43 Å². The summed E-state index contributed by atoms with van der Waals surface area (Å²) in [5.41, 5.74) is -1.70. The van der Waals surface area contributed by atoms with Gasteiger partial charge in [-0.15, -0.1) is 0 Å². The Kier molecular flexibility index (Phi) is 5.82. The Morgan fingerprint density at radius 2 is 1.80 bits per heavy atom. The molecule has 1 aliphatic carbocycles. The lowest BCUT2D eigenvalue weighted by Gasteiger charge is -2.39. The summed E-state index contributed by atoms with van der Waals surface area (Å²) in [4.78, 5) is 41.3. The molecule has 4 heterocycles. The first-order chi connectivity index (χ1) is 16.7. The quantitative estimate of drug-likeness (QED) is 0.711. The molecule has 2 bridgehead atoms. The Hall–Kier alpha value is -3.34. The van der Waals surface area contributed by atoms with Crippen LogP contribution in [0.25, 0.3) is 0 Å². The molecule has 0 spiro atoms. The Morgan fingerprint density at radius 3 is 2.43 bits per heavy atom. The van der Waals surface area contributed by atoms with Gasteiger partial charge in [0.25, 0.3) is 11.8 Å². The summed E-state index contributed by atoms with van der Waals surface area (Å²) in [6, 6.07) is -0.193. The first kappa shape index (κ1) is 23.4. The number of amides is 2. The summed E-state index contributed by atoms with van der Waals surface area (Å²) in [7, 11) is 1.23.